The Hall–Kier alpha value is -3.23. The number of rotatable bonds is 2. The molecule has 0 saturated heterocycles. The lowest BCUT2D eigenvalue weighted by Gasteiger charge is -2.07. The van der Waals surface area contributed by atoms with Gasteiger partial charge in [-0.15, -0.1) is 5.10 Å². The number of halogens is 3. The fourth-order valence-electron chi connectivity index (χ4n) is 2.00. The highest BCUT2D eigenvalue weighted by molar-refractivity contribution is 5.96. The van der Waals surface area contributed by atoms with Crippen LogP contribution in [0.4, 0.5) is 19.1 Å². The standard InChI is InChI=1S/C15H10F3N5O/c16-15(17,18)10-6-4-9(5-7-10)13(24)23-14(19)21-12(22-23)11-3-1-2-8-20-11/h1-8H,(H2,19,21,22). The zero-order valence-corrected chi connectivity index (χ0v) is 12.0. The number of hydrogen-bond donors (Lipinski definition) is 1. The van der Waals surface area contributed by atoms with Crippen molar-refractivity contribution < 1.29 is 18.0 Å². The van der Waals surface area contributed by atoms with Crippen molar-refractivity contribution in [2.24, 2.45) is 0 Å². The van der Waals surface area contributed by atoms with Crippen LogP contribution < -0.4 is 5.73 Å². The number of nitrogen functional groups attached to an aromatic ring is 1. The quantitative estimate of drug-likeness (QED) is 0.779. The van der Waals surface area contributed by atoms with Gasteiger partial charge in [-0.05, 0) is 36.4 Å². The molecule has 3 aromatic rings. The minimum Gasteiger partial charge on any atom is -0.368 e. The molecular formula is C15H10F3N5O. The molecule has 0 aliphatic rings. The fraction of sp³-hybridized carbons (Fsp3) is 0.0667. The molecule has 0 fully saturated rings. The second kappa shape index (κ2) is 5.76. The van der Waals surface area contributed by atoms with Gasteiger partial charge in [-0.2, -0.15) is 22.8 Å². The average Bonchev–Trinajstić information content (AvgIpc) is 2.96. The van der Waals surface area contributed by atoms with E-state index in [4.69, 9.17) is 5.73 Å². The minimum absolute atomic E-state index is 0.00664. The largest absolute Gasteiger partial charge is 0.416 e. The first-order chi connectivity index (χ1) is 11.4. The Morgan fingerprint density at radius 2 is 1.79 bits per heavy atom. The number of nitrogens with two attached hydrogens (primary N) is 1. The zero-order valence-electron chi connectivity index (χ0n) is 12.0. The highest BCUT2D eigenvalue weighted by atomic mass is 19.4. The van der Waals surface area contributed by atoms with Gasteiger partial charge in [0.1, 0.15) is 5.69 Å². The van der Waals surface area contributed by atoms with Crippen molar-refractivity contribution >= 4 is 11.9 Å². The van der Waals surface area contributed by atoms with Crippen LogP contribution in [0.3, 0.4) is 0 Å². The van der Waals surface area contributed by atoms with Crippen molar-refractivity contribution in [3.05, 3.63) is 59.8 Å². The van der Waals surface area contributed by atoms with E-state index in [1.807, 2.05) is 0 Å². The van der Waals surface area contributed by atoms with Gasteiger partial charge in [-0.3, -0.25) is 9.78 Å². The monoisotopic (exact) mass is 333 g/mol. The van der Waals surface area contributed by atoms with Gasteiger partial charge in [0, 0.05) is 11.8 Å². The average molecular weight is 333 g/mol. The molecule has 0 radical (unpaired) electrons. The highest BCUT2D eigenvalue weighted by Crippen LogP contribution is 2.29. The normalized spacial score (nSPS) is 11.5. The number of pyridine rings is 1. The van der Waals surface area contributed by atoms with Crippen molar-refractivity contribution in [2.75, 3.05) is 5.73 Å². The Bertz CT molecular complexity index is 872. The molecule has 0 saturated carbocycles. The molecule has 24 heavy (non-hydrogen) atoms. The van der Waals surface area contributed by atoms with Crippen molar-refractivity contribution in [2.45, 2.75) is 6.18 Å². The SMILES string of the molecule is Nc1nc(-c2ccccn2)nn1C(=O)c1ccc(C(F)(F)F)cc1. The first-order valence-electron chi connectivity index (χ1n) is 6.72. The lowest BCUT2D eigenvalue weighted by molar-refractivity contribution is -0.137. The minimum atomic E-state index is -4.47. The Labute approximate surface area is 133 Å². The fourth-order valence-corrected chi connectivity index (χ4v) is 2.00. The van der Waals surface area contributed by atoms with E-state index in [9.17, 15) is 18.0 Å². The van der Waals surface area contributed by atoms with Gasteiger partial charge >= 0.3 is 6.18 Å². The lowest BCUT2D eigenvalue weighted by atomic mass is 10.1. The summed E-state index contributed by atoms with van der Waals surface area (Å²) in [5, 5.41) is 3.97. The Kier molecular flexibility index (Phi) is 3.76. The van der Waals surface area contributed by atoms with Crippen LogP contribution in [0, 0.1) is 0 Å². The van der Waals surface area contributed by atoms with Crippen LogP contribution in [0.15, 0.2) is 48.7 Å². The van der Waals surface area contributed by atoms with Crippen LogP contribution in [0.1, 0.15) is 15.9 Å². The molecule has 2 N–H and O–H groups in total. The van der Waals surface area contributed by atoms with Crippen LogP contribution >= 0.6 is 0 Å². The Balaban J connectivity index is 1.92. The summed E-state index contributed by atoms with van der Waals surface area (Å²) in [4.78, 5) is 20.3. The van der Waals surface area contributed by atoms with Gasteiger partial charge in [0.2, 0.25) is 11.8 Å². The molecule has 0 bridgehead atoms. The van der Waals surface area contributed by atoms with Crippen LogP contribution in [-0.4, -0.2) is 25.7 Å². The maximum absolute atomic E-state index is 12.6. The third-order valence-corrected chi connectivity index (χ3v) is 3.18. The van der Waals surface area contributed by atoms with E-state index in [2.05, 4.69) is 15.1 Å². The molecule has 9 heteroatoms. The summed E-state index contributed by atoms with van der Waals surface area (Å²) in [7, 11) is 0. The maximum atomic E-state index is 12.6. The summed E-state index contributed by atoms with van der Waals surface area (Å²) in [6.45, 7) is 0. The molecule has 0 spiro atoms. The second-order valence-corrected chi connectivity index (χ2v) is 4.80. The highest BCUT2D eigenvalue weighted by Gasteiger charge is 2.30. The zero-order chi connectivity index (χ0) is 17.3. The molecule has 0 aliphatic carbocycles. The van der Waals surface area contributed by atoms with Crippen LogP contribution in [-0.2, 0) is 6.18 Å². The van der Waals surface area contributed by atoms with Crippen LogP contribution in [0.5, 0.6) is 0 Å². The first-order valence-corrected chi connectivity index (χ1v) is 6.72. The number of aromatic nitrogens is 4. The van der Waals surface area contributed by atoms with Crippen molar-refractivity contribution in [1.29, 1.82) is 0 Å². The Morgan fingerprint density at radius 3 is 2.38 bits per heavy atom. The second-order valence-electron chi connectivity index (χ2n) is 4.80. The van der Waals surface area contributed by atoms with Gasteiger partial charge in [0.05, 0.1) is 5.56 Å². The number of nitrogens with zero attached hydrogens (tertiary/aromatic N) is 4. The van der Waals surface area contributed by atoms with E-state index >= 15 is 0 Å². The third-order valence-electron chi connectivity index (χ3n) is 3.18. The third kappa shape index (κ3) is 2.96. The van der Waals surface area contributed by atoms with Gasteiger partial charge in [-0.25, -0.2) is 0 Å². The molecule has 122 valence electrons. The number of carbonyl (C=O) groups excluding carboxylic acids is 1. The topological polar surface area (TPSA) is 86.7 Å². The van der Waals surface area contributed by atoms with Crippen molar-refractivity contribution in [1.82, 2.24) is 19.7 Å². The number of anilines is 1. The van der Waals surface area contributed by atoms with Crippen LogP contribution in [0.25, 0.3) is 11.5 Å². The molecule has 2 heterocycles. The molecule has 1 aromatic carbocycles. The lowest BCUT2D eigenvalue weighted by Crippen LogP contribution is -2.16. The summed E-state index contributed by atoms with van der Waals surface area (Å²) in [6.07, 6.45) is -2.94. The smallest absolute Gasteiger partial charge is 0.368 e. The van der Waals surface area contributed by atoms with Gasteiger partial charge in [-0.1, -0.05) is 6.07 Å². The van der Waals surface area contributed by atoms with E-state index in [-0.39, 0.29) is 17.3 Å². The van der Waals surface area contributed by atoms with E-state index in [1.54, 1.807) is 18.2 Å². The predicted octanol–water partition coefficient (Wildman–Crippen LogP) is 2.63. The predicted molar refractivity (Wildman–Crippen MR) is 78.8 cm³/mol. The van der Waals surface area contributed by atoms with Crippen LogP contribution in [0.2, 0.25) is 0 Å². The molecule has 0 unspecified atom stereocenters. The molecular weight excluding hydrogens is 323 g/mol. The molecule has 3 rings (SSSR count). The molecule has 0 atom stereocenters. The first kappa shape index (κ1) is 15.7. The van der Waals surface area contributed by atoms with Gasteiger partial charge in [0.25, 0.3) is 5.91 Å². The van der Waals surface area contributed by atoms with Gasteiger partial charge < -0.3 is 5.73 Å². The van der Waals surface area contributed by atoms with Crippen molar-refractivity contribution in [3.8, 4) is 11.5 Å². The van der Waals surface area contributed by atoms with Crippen molar-refractivity contribution in [3.63, 3.8) is 0 Å². The maximum Gasteiger partial charge on any atom is 0.416 e. The summed E-state index contributed by atoms with van der Waals surface area (Å²) < 4.78 is 38.5. The molecule has 2 aromatic heterocycles. The number of carbonyl (C=O) groups is 1. The number of hydrogen-bond acceptors (Lipinski definition) is 5. The van der Waals surface area contributed by atoms with E-state index in [0.29, 0.717) is 5.69 Å². The summed E-state index contributed by atoms with van der Waals surface area (Å²) >= 11 is 0. The molecule has 6 nitrogen and oxygen atoms in total. The summed E-state index contributed by atoms with van der Waals surface area (Å²) in [5.74, 6) is -0.718. The number of benzene rings is 1. The molecule has 0 aliphatic heterocycles. The van der Waals surface area contributed by atoms with Gasteiger partial charge in [0.15, 0.2) is 0 Å². The number of alkyl halides is 3. The van der Waals surface area contributed by atoms with E-state index in [1.165, 1.54) is 6.20 Å². The summed E-state index contributed by atoms with van der Waals surface area (Å²) in [5.41, 5.74) is 5.26. The summed E-state index contributed by atoms with van der Waals surface area (Å²) in [6, 6.07) is 8.83. The Morgan fingerprint density at radius 1 is 1.08 bits per heavy atom. The van der Waals surface area contributed by atoms with E-state index in [0.717, 1.165) is 28.9 Å². The molecule has 0 amide bonds. The van der Waals surface area contributed by atoms with E-state index < -0.39 is 17.6 Å².